The van der Waals surface area contributed by atoms with Gasteiger partial charge in [0.1, 0.15) is 11.3 Å². The van der Waals surface area contributed by atoms with Gasteiger partial charge in [-0.1, -0.05) is 52.9 Å². The van der Waals surface area contributed by atoms with E-state index in [1.54, 1.807) is 18.1 Å². The molecule has 2 heterocycles. The molecule has 0 spiro atoms. The first kappa shape index (κ1) is 22.0. The maximum absolute atomic E-state index is 13.5. The molecular formula is C24H26N4O3S. The Balaban J connectivity index is 1.69. The van der Waals surface area contributed by atoms with Crippen molar-refractivity contribution in [2.24, 2.45) is 0 Å². The van der Waals surface area contributed by atoms with Crippen molar-refractivity contribution in [3.63, 3.8) is 0 Å². The zero-order valence-electron chi connectivity index (χ0n) is 18.7. The van der Waals surface area contributed by atoms with Crippen LogP contribution in [0.1, 0.15) is 22.5 Å². The Morgan fingerprint density at radius 3 is 2.62 bits per heavy atom. The van der Waals surface area contributed by atoms with E-state index in [1.165, 1.54) is 11.3 Å². The Morgan fingerprint density at radius 1 is 1.12 bits per heavy atom. The summed E-state index contributed by atoms with van der Waals surface area (Å²) >= 11 is 1.49. The fourth-order valence-electron chi connectivity index (χ4n) is 3.46. The number of thiazole rings is 1. The van der Waals surface area contributed by atoms with Gasteiger partial charge in [-0.05, 0) is 45.6 Å². The number of amides is 1. The van der Waals surface area contributed by atoms with E-state index in [0.29, 0.717) is 23.2 Å². The summed E-state index contributed by atoms with van der Waals surface area (Å²) in [6.07, 6.45) is 0.800. The molecule has 8 heteroatoms. The zero-order chi connectivity index (χ0) is 22.7. The van der Waals surface area contributed by atoms with E-state index in [4.69, 9.17) is 14.2 Å². The molecule has 4 rings (SSSR count). The average Bonchev–Trinajstić information content (AvgIpc) is 3.46. The monoisotopic (exact) mass is 450 g/mol. The van der Waals surface area contributed by atoms with Gasteiger partial charge in [-0.2, -0.15) is 0 Å². The molecule has 0 saturated carbocycles. The molecule has 0 bridgehead atoms. The van der Waals surface area contributed by atoms with Crippen molar-refractivity contribution in [1.29, 1.82) is 0 Å². The van der Waals surface area contributed by atoms with E-state index < -0.39 is 0 Å². The standard InChI is InChI=1S/C24H26N4O3S/c1-16-11-12-19(30-4)21-22(16)32-24(25-21)28(14-8-13-27(2)3)23(29)18-15-20(31-26-18)17-9-6-5-7-10-17/h5-7,9-12,15H,8,13-14H2,1-4H3. The third-order valence-electron chi connectivity index (χ3n) is 5.16. The number of anilines is 1. The molecule has 7 nitrogen and oxygen atoms in total. The van der Waals surface area contributed by atoms with Gasteiger partial charge in [-0.25, -0.2) is 4.98 Å². The molecule has 0 N–H and O–H groups in total. The Labute approximate surface area is 191 Å². The highest BCUT2D eigenvalue weighted by Gasteiger charge is 2.25. The molecule has 0 saturated heterocycles. The molecular weight excluding hydrogens is 424 g/mol. The summed E-state index contributed by atoms with van der Waals surface area (Å²) in [5, 5.41) is 4.69. The maximum atomic E-state index is 13.5. The van der Waals surface area contributed by atoms with Crippen LogP contribution in [0.15, 0.2) is 53.1 Å². The van der Waals surface area contributed by atoms with Gasteiger partial charge in [0.05, 0.1) is 11.8 Å². The summed E-state index contributed by atoms with van der Waals surface area (Å²) in [5.41, 5.74) is 3.00. The molecule has 0 aliphatic rings. The van der Waals surface area contributed by atoms with Gasteiger partial charge in [0, 0.05) is 18.2 Å². The van der Waals surface area contributed by atoms with Gasteiger partial charge < -0.3 is 14.2 Å². The van der Waals surface area contributed by atoms with Crippen LogP contribution >= 0.6 is 11.3 Å². The molecule has 0 fully saturated rings. The normalized spacial score (nSPS) is 11.3. The van der Waals surface area contributed by atoms with E-state index in [9.17, 15) is 4.79 Å². The molecule has 166 valence electrons. The number of ether oxygens (including phenoxy) is 1. The van der Waals surface area contributed by atoms with E-state index >= 15 is 0 Å². The van der Waals surface area contributed by atoms with Crippen molar-refractivity contribution >= 4 is 32.6 Å². The fourth-order valence-corrected chi connectivity index (χ4v) is 4.54. The van der Waals surface area contributed by atoms with Crippen LogP contribution in [0.2, 0.25) is 0 Å². The predicted octanol–water partition coefficient (Wildman–Crippen LogP) is 4.87. The van der Waals surface area contributed by atoms with Gasteiger partial charge in [-0.15, -0.1) is 0 Å². The first-order valence-corrected chi connectivity index (χ1v) is 11.2. The van der Waals surface area contributed by atoms with E-state index in [0.717, 1.165) is 34.3 Å². The van der Waals surface area contributed by atoms with E-state index in [1.807, 2.05) is 63.5 Å². The molecule has 0 unspecified atom stereocenters. The van der Waals surface area contributed by atoms with Crippen LogP contribution in [0.25, 0.3) is 21.5 Å². The van der Waals surface area contributed by atoms with Crippen LogP contribution in [0.3, 0.4) is 0 Å². The highest BCUT2D eigenvalue weighted by Crippen LogP contribution is 2.37. The molecule has 0 radical (unpaired) electrons. The number of nitrogens with zero attached hydrogens (tertiary/aromatic N) is 4. The zero-order valence-corrected chi connectivity index (χ0v) is 19.5. The SMILES string of the molecule is COc1ccc(C)c2sc(N(CCCN(C)C)C(=O)c3cc(-c4ccccc4)on3)nc12. The Morgan fingerprint density at radius 2 is 1.91 bits per heavy atom. The first-order chi connectivity index (χ1) is 15.5. The Kier molecular flexibility index (Phi) is 6.53. The molecule has 4 aromatic rings. The van der Waals surface area contributed by atoms with Gasteiger partial charge in [0.2, 0.25) is 0 Å². The predicted molar refractivity (Wildman–Crippen MR) is 128 cm³/mol. The molecule has 0 aliphatic heterocycles. The number of benzene rings is 2. The number of methoxy groups -OCH3 is 1. The van der Waals surface area contributed by atoms with E-state index in [-0.39, 0.29) is 11.6 Å². The third kappa shape index (κ3) is 4.51. The van der Waals surface area contributed by atoms with Gasteiger partial charge in [0.15, 0.2) is 16.6 Å². The molecule has 2 aromatic carbocycles. The molecule has 0 atom stereocenters. The number of hydrogen-bond acceptors (Lipinski definition) is 7. The summed E-state index contributed by atoms with van der Waals surface area (Å²) < 4.78 is 12.0. The van der Waals surface area contributed by atoms with Crippen molar-refractivity contribution in [2.45, 2.75) is 13.3 Å². The smallest absolute Gasteiger partial charge is 0.282 e. The van der Waals surface area contributed by atoms with Crippen molar-refractivity contribution in [1.82, 2.24) is 15.0 Å². The molecule has 2 aromatic heterocycles. The minimum absolute atomic E-state index is 0.231. The summed E-state index contributed by atoms with van der Waals surface area (Å²) in [6.45, 7) is 3.41. The van der Waals surface area contributed by atoms with Crippen molar-refractivity contribution in [3.8, 4) is 17.1 Å². The third-order valence-corrected chi connectivity index (χ3v) is 6.38. The van der Waals surface area contributed by atoms with Crippen molar-refractivity contribution < 1.29 is 14.1 Å². The lowest BCUT2D eigenvalue weighted by Crippen LogP contribution is -2.33. The molecule has 32 heavy (non-hydrogen) atoms. The lowest BCUT2D eigenvalue weighted by molar-refractivity contribution is 0.0977. The average molecular weight is 451 g/mol. The van der Waals surface area contributed by atoms with Gasteiger partial charge in [-0.3, -0.25) is 9.69 Å². The van der Waals surface area contributed by atoms with Crippen LogP contribution in [-0.4, -0.2) is 55.2 Å². The van der Waals surface area contributed by atoms with Crippen LogP contribution in [-0.2, 0) is 0 Å². The highest BCUT2D eigenvalue weighted by molar-refractivity contribution is 7.22. The van der Waals surface area contributed by atoms with E-state index in [2.05, 4.69) is 10.1 Å². The van der Waals surface area contributed by atoms with Crippen LogP contribution in [0, 0.1) is 6.92 Å². The molecule has 1 amide bonds. The Hall–Kier alpha value is -3.23. The largest absolute Gasteiger partial charge is 0.494 e. The highest BCUT2D eigenvalue weighted by atomic mass is 32.1. The number of carbonyl (C=O) groups excluding carboxylic acids is 1. The lowest BCUT2D eigenvalue weighted by atomic mass is 10.1. The summed E-state index contributed by atoms with van der Waals surface area (Å²) in [5.74, 6) is 1.02. The minimum atomic E-state index is -0.231. The number of fused-ring (bicyclic) bond motifs is 1. The van der Waals surface area contributed by atoms with Crippen molar-refractivity contribution in [3.05, 3.63) is 59.8 Å². The van der Waals surface area contributed by atoms with Crippen LogP contribution in [0.4, 0.5) is 5.13 Å². The minimum Gasteiger partial charge on any atom is -0.494 e. The number of rotatable bonds is 8. The van der Waals surface area contributed by atoms with Crippen molar-refractivity contribution in [2.75, 3.05) is 39.2 Å². The second kappa shape index (κ2) is 9.50. The lowest BCUT2D eigenvalue weighted by Gasteiger charge is -2.19. The quantitative estimate of drug-likeness (QED) is 0.382. The van der Waals surface area contributed by atoms with Crippen LogP contribution in [0.5, 0.6) is 5.75 Å². The van der Waals surface area contributed by atoms with Gasteiger partial charge >= 0.3 is 0 Å². The maximum Gasteiger partial charge on any atom is 0.282 e. The van der Waals surface area contributed by atoms with Crippen LogP contribution < -0.4 is 9.64 Å². The summed E-state index contributed by atoms with van der Waals surface area (Å²) in [4.78, 5) is 22.1. The second-order valence-electron chi connectivity index (χ2n) is 7.81. The number of hydrogen-bond donors (Lipinski definition) is 0. The number of aryl methyl sites for hydroxylation is 1. The first-order valence-electron chi connectivity index (χ1n) is 10.4. The summed E-state index contributed by atoms with van der Waals surface area (Å²) in [7, 11) is 5.66. The number of carbonyl (C=O) groups is 1. The second-order valence-corrected chi connectivity index (χ2v) is 8.79. The molecule has 0 aliphatic carbocycles. The Bertz CT molecular complexity index is 1220. The number of aromatic nitrogens is 2. The van der Waals surface area contributed by atoms with Gasteiger partial charge in [0.25, 0.3) is 5.91 Å². The topological polar surface area (TPSA) is 71.7 Å². The summed E-state index contributed by atoms with van der Waals surface area (Å²) in [6, 6.07) is 15.2. The fraction of sp³-hybridized carbons (Fsp3) is 0.292.